The van der Waals surface area contributed by atoms with Crippen molar-refractivity contribution >= 4 is 17.6 Å². The molecule has 0 unspecified atom stereocenters. The zero-order valence-corrected chi connectivity index (χ0v) is 13.9. The largest absolute Gasteiger partial charge is 0.367 e. The molecule has 24 heavy (non-hydrogen) atoms. The van der Waals surface area contributed by atoms with Crippen molar-refractivity contribution in [2.45, 2.75) is 31.7 Å². The zero-order valence-electron chi connectivity index (χ0n) is 13.9. The van der Waals surface area contributed by atoms with Gasteiger partial charge in [0.25, 0.3) is 0 Å². The maximum atomic E-state index is 4.73. The second-order valence-electron chi connectivity index (χ2n) is 6.53. The third kappa shape index (κ3) is 3.42. The lowest BCUT2D eigenvalue weighted by Crippen LogP contribution is -2.47. The van der Waals surface area contributed by atoms with Gasteiger partial charge in [0.05, 0.1) is 0 Å². The van der Waals surface area contributed by atoms with Crippen molar-refractivity contribution < 1.29 is 0 Å². The molecule has 0 spiro atoms. The fourth-order valence-electron chi connectivity index (χ4n) is 3.54. The summed E-state index contributed by atoms with van der Waals surface area (Å²) < 4.78 is 0. The molecular weight excluding hydrogens is 300 g/mol. The Labute approximate surface area is 142 Å². The van der Waals surface area contributed by atoms with Gasteiger partial charge in [0.1, 0.15) is 11.6 Å². The summed E-state index contributed by atoms with van der Waals surface area (Å²) in [7, 11) is 0. The van der Waals surface area contributed by atoms with Gasteiger partial charge < -0.3 is 15.1 Å². The molecule has 3 heterocycles. The van der Waals surface area contributed by atoms with Gasteiger partial charge in [-0.15, -0.1) is 0 Å². The molecule has 2 aromatic heterocycles. The summed E-state index contributed by atoms with van der Waals surface area (Å²) in [5.74, 6) is 2.84. The molecule has 6 heteroatoms. The number of pyridine rings is 1. The summed E-state index contributed by atoms with van der Waals surface area (Å²) in [5.41, 5.74) is 0. The van der Waals surface area contributed by atoms with E-state index in [0.29, 0.717) is 6.04 Å². The monoisotopic (exact) mass is 324 g/mol. The molecule has 2 aliphatic rings. The van der Waals surface area contributed by atoms with Crippen LogP contribution in [0, 0.1) is 0 Å². The maximum Gasteiger partial charge on any atom is 0.227 e. The average molecular weight is 324 g/mol. The van der Waals surface area contributed by atoms with Crippen molar-refractivity contribution in [3.8, 4) is 0 Å². The summed E-state index contributed by atoms with van der Waals surface area (Å²) in [6, 6.07) is 8.62. The van der Waals surface area contributed by atoms with Crippen LogP contribution in [0.15, 0.2) is 36.7 Å². The molecule has 4 rings (SSSR count). The van der Waals surface area contributed by atoms with Gasteiger partial charge in [0.2, 0.25) is 5.95 Å². The molecule has 0 radical (unpaired) electrons. The van der Waals surface area contributed by atoms with Gasteiger partial charge in [0, 0.05) is 44.6 Å². The summed E-state index contributed by atoms with van der Waals surface area (Å²) in [6.45, 7) is 3.73. The van der Waals surface area contributed by atoms with Crippen LogP contribution in [0.4, 0.5) is 17.6 Å². The van der Waals surface area contributed by atoms with Gasteiger partial charge in [0.15, 0.2) is 0 Å². The number of piperazine rings is 1. The van der Waals surface area contributed by atoms with E-state index < -0.39 is 0 Å². The molecule has 1 saturated heterocycles. The van der Waals surface area contributed by atoms with Crippen LogP contribution in [-0.4, -0.2) is 47.2 Å². The molecule has 1 N–H and O–H groups in total. The SMILES string of the molecule is c1ccc(N2CCN(c3nccc(NC4CCCC4)n3)CC2)nc1. The van der Waals surface area contributed by atoms with Crippen LogP contribution >= 0.6 is 0 Å². The van der Waals surface area contributed by atoms with Crippen LogP contribution in [0.3, 0.4) is 0 Å². The third-order valence-corrected chi connectivity index (χ3v) is 4.89. The Morgan fingerprint density at radius 3 is 2.42 bits per heavy atom. The molecule has 6 nitrogen and oxygen atoms in total. The number of rotatable bonds is 4. The highest BCUT2D eigenvalue weighted by atomic mass is 15.3. The second-order valence-corrected chi connectivity index (χ2v) is 6.53. The summed E-state index contributed by atoms with van der Waals surface area (Å²) in [6.07, 6.45) is 8.87. The lowest BCUT2D eigenvalue weighted by molar-refractivity contribution is 0.634. The Balaban J connectivity index is 1.38. The van der Waals surface area contributed by atoms with Gasteiger partial charge in [-0.3, -0.25) is 0 Å². The number of hydrogen-bond donors (Lipinski definition) is 1. The van der Waals surface area contributed by atoms with Crippen LogP contribution in [0.25, 0.3) is 0 Å². The Morgan fingerprint density at radius 2 is 1.67 bits per heavy atom. The Morgan fingerprint density at radius 1 is 0.875 bits per heavy atom. The highest BCUT2D eigenvalue weighted by molar-refractivity contribution is 5.45. The van der Waals surface area contributed by atoms with Gasteiger partial charge in [-0.2, -0.15) is 4.98 Å². The molecule has 0 atom stereocenters. The van der Waals surface area contributed by atoms with Crippen molar-refractivity contribution in [1.82, 2.24) is 15.0 Å². The Hall–Kier alpha value is -2.37. The number of nitrogens with one attached hydrogen (secondary N) is 1. The van der Waals surface area contributed by atoms with E-state index in [2.05, 4.69) is 31.2 Å². The first-order chi connectivity index (χ1) is 11.9. The first kappa shape index (κ1) is 15.2. The number of anilines is 3. The van der Waals surface area contributed by atoms with Crippen molar-refractivity contribution in [2.75, 3.05) is 41.3 Å². The molecule has 126 valence electrons. The molecule has 0 aromatic carbocycles. The Kier molecular flexibility index (Phi) is 4.44. The van der Waals surface area contributed by atoms with E-state index in [1.165, 1.54) is 25.7 Å². The lowest BCUT2D eigenvalue weighted by Gasteiger charge is -2.35. The first-order valence-corrected chi connectivity index (χ1v) is 8.89. The van der Waals surface area contributed by atoms with Crippen molar-refractivity contribution in [2.24, 2.45) is 0 Å². The van der Waals surface area contributed by atoms with Crippen molar-refractivity contribution in [3.63, 3.8) is 0 Å². The predicted octanol–water partition coefficient (Wildman–Crippen LogP) is 2.55. The van der Waals surface area contributed by atoms with Crippen LogP contribution in [0.5, 0.6) is 0 Å². The van der Waals surface area contributed by atoms with Gasteiger partial charge in [-0.25, -0.2) is 9.97 Å². The smallest absolute Gasteiger partial charge is 0.227 e. The number of hydrogen-bond acceptors (Lipinski definition) is 6. The minimum atomic E-state index is 0.578. The van der Waals surface area contributed by atoms with E-state index in [9.17, 15) is 0 Å². The van der Waals surface area contributed by atoms with Crippen LogP contribution in [0.2, 0.25) is 0 Å². The molecule has 0 amide bonds. The van der Waals surface area contributed by atoms with E-state index in [1.807, 2.05) is 30.6 Å². The summed E-state index contributed by atoms with van der Waals surface area (Å²) in [5, 5.41) is 3.56. The molecule has 2 aromatic rings. The third-order valence-electron chi connectivity index (χ3n) is 4.89. The molecule has 1 aliphatic heterocycles. The van der Waals surface area contributed by atoms with Crippen molar-refractivity contribution in [1.29, 1.82) is 0 Å². The first-order valence-electron chi connectivity index (χ1n) is 8.89. The quantitative estimate of drug-likeness (QED) is 0.933. The van der Waals surface area contributed by atoms with Crippen LogP contribution in [-0.2, 0) is 0 Å². The normalized spacial score (nSPS) is 18.8. The minimum Gasteiger partial charge on any atom is -0.367 e. The van der Waals surface area contributed by atoms with E-state index >= 15 is 0 Å². The predicted molar refractivity (Wildman–Crippen MR) is 96.6 cm³/mol. The molecule has 0 bridgehead atoms. The summed E-state index contributed by atoms with van der Waals surface area (Å²) in [4.78, 5) is 18.2. The maximum absolute atomic E-state index is 4.73. The van der Waals surface area contributed by atoms with E-state index in [1.54, 1.807) is 0 Å². The van der Waals surface area contributed by atoms with E-state index in [4.69, 9.17) is 4.98 Å². The van der Waals surface area contributed by atoms with Gasteiger partial charge in [-0.1, -0.05) is 18.9 Å². The zero-order chi connectivity index (χ0) is 16.2. The Bertz CT molecular complexity index is 648. The second kappa shape index (κ2) is 7.03. The van der Waals surface area contributed by atoms with Crippen LogP contribution in [0.1, 0.15) is 25.7 Å². The topological polar surface area (TPSA) is 57.2 Å². The van der Waals surface area contributed by atoms with Gasteiger partial charge >= 0.3 is 0 Å². The standard InChI is InChI=1S/C18H24N6/c1-2-6-15(5-1)21-16-8-10-20-18(22-16)24-13-11-23(12-14-24)17-7-3-4-9-19-17/h3-4,7-10,15H,1-2,5-6,11-14H2,(H,20,21,22). The average Bonchev–Trinajstić information content (AvgIpc) is 3.16. The van der Waals surface area contributed by atoms with E-state index in [-0.39, 0.29) is 0 Å². The number of nitrogens with zero attached hydrogens (tertiary/aromatic N) is 5. The highest BCUT2D eigenvalue weighted by Crippen LogP contribution is 2.22. The minimum absolute atomic E-state index is 0.578. The fraction of sp³-hybridized carbons (Fsp3) is 0.500. The van der Waals surface area contributed by atoms with Crippen molar-refractivity contribution in [3.05, 3.63) is 36.7 Å². The van der Waals surface area contributed by atoms with Gasteiger partial charge in [-0.05, 0) is 31.0 Å². The van der Waals surface area contributed by atoms with Crippen LogP contribution < -0.4 is 15.1 Å². The number of aromatic nitrogens is 3. The molecular formula is C18H24N6. The molecule has 1 aliphatic carbocycles. The molecule has 2 fully saturated rings. The fourth-order valence-corrected chi connectivity index (χ4v) is 3.54. The van der Waals surface area contributed by atoms with E-state index in [0.717, 1.165) is 43.8 Å². The lowest BCUT2D eigenvalue weighted by atomic mass is 10.2. The summed E-state index contributed by atoms with van der Waals surface area (Å²) >= 11 is 0. The molecule has 1 saturated carbocycles. The highest BCUT2D eigenvalue weighted by Gasteiger charge is 2.20.